The first-order valence-corrected chi connectivity index (χ1v) is 7.86. The minimum absolute atomic E-state index is 0.0763. The molecule has 0 aliphatic rings. The maximum absolute atomic E-state index is 11.8. The Morgan fingerprint density at radius 2 is 1.96 bits per heavy atom. The summed E-state index contributed by atoms with van der Waals surface area (Å²) in [7, 11) is 0. The highest BCUT2D eigenvalue weighted by Gasteiger charge is 2.04. The molecule has 0 unspecified atom stereocenters. The van der Waals surface area contributed by atoms with Gasteiger partial charge in [0.1, 0.15) is 0 Å². The molecular formula is C16H14Cl3N3O. The van der Waals surface area contributed by atoms with Crippen molar-refractivity contribution < 1.29 is 4.79 Å². The third kappa shape index (κ3) is 5.13. The number of halogens is 3. The molecule has 1 amide bonds. The van der Waals surface area contributed by atoms with E-state index in [0.717, 1.165) is 11.3 Å². The molecule has 0 fully saturated rings. The molecule has 0 heterocycles. The van der Waals surface area contributed by atoms with Crippen LogP contribution in [0.1, 0.15) is 11.1 Å². The van der Waals surface area contributed by atoms with Gasteiger partial charge in [-0.2, -0.15) is 5.10 Å². The van der Waals surface area contributed by atoms with E-state index in [-0.39, 0.29) is 12.5 Å². The van der Waals surface area contributed by atoms with Crippen LogP contribution in [0, 0.1) is 6.92 Å². The molecular weight excluding hydrogens is 357 g/mol. The predicted molar refractivity (Wildman–Crippen MR) is 96.9 cm³/mol. The van der Waals surface area contributed by atoms with Crippen LogP contribution in [0.2, 0.25) is 15.1 Å². The van der Waals surface area contributed by atoms with E-state index in [9.17, 15) is 4.79 Å². The van der Waals surface area contributed by atoms with Crippen molar-refractivity contribution in [3.63, 3.8) is 0 Å². The Morgan fingerprint density at radius 3 is 2.70 bits per heavy atom. The summed E-state index contributed by atoms with van der Waals surface area (Å²) in [6.07, 6.45) is 1.46. The summed E-state index contributed by atoms with van der Waals surface area (Å²) >= 11 is 17.8. The zero-order chi connectivity index (χ0) is 16.8. The second-order valence-corrected chi connectivity index (χ2v) is 5.98. The van der Waals surface area contributed by atoms with Gasteiger partial charge in [-0.15, -0.1) is 0 Å². The number of carbonyl (C=O) groups excluding carboxylic acids is 1. The minimum Gasteiger partial charge on any atom is -0.376 e. The van der Waals surface area contributed by atoms with Gasteiger partial charge >= 0.3 is 0 Å². The summed E-state index contributed by atoms with van der Waals surface area (Å²) in [6.45, 7) is 1.95. The SMILES string of the molecule is Cc1c(Cl)cccc1NCC(=O)N/N=C/c1ccc(Cl)cc1Cl. The molecule has 23 heavy (non-hydrogen) atoms. The Labute approximate surface area is 149 Å². The third-order valence-electron chi connectivity index (χ3n) is 3.06. The first kappa shape index (κ1) is 17.6. The van der Waals surface area contributed by atoms with E-state index in [4.69, 9.17) is 34.8 Å². The highest BCUT2D eigenvalue weighted by molar-refractivity contribution is 6.36. The van der Waals surface area contributed by atoms with Crippen LogP contribution in [0.4, 0.5) is 5.69 Å². The Hall–Kier alpha value is -1.75. The Bertz CT molecular complexity index is 747. The number of rotatable bonds is 5. The summed E-state index contributed by atoms with van der Waals surface area (Å²) in [6, 6.07) is 10.5. The van der Waals surface area contributed by atoms with Crippen LogP contribution >= 0.6 is 34.8 Å². The molecule has 2 N–H and O–H groups in total. The van der Waals surface area contributed by atoms with Crippen LogP contribution in [-0.4, -0.2) is 18.7 Å². The van der Waals surface area contributed by atoms with Crippen molar-refractivity contribution in [1.82, 2.24) is 5.43 Å². The highest BCUT2D eigenvalue weighted by Crippen LogP contribution is 2.22. The predicted octanol–water partition coefficient (Wildman–Crippen LogP) is 4.52. The van der Waals surface area contributed by atoms with Gasteiger partial charge in [-0.25, -0.2) is 5.43 Å². The molecule has 0 radical (unpaired) electrons. The monoisotopic (exact) mass is 369 g/mol. The number of amides is 1. The summed E-state index contributed by atoms with van der Waals surface area (Å²) in [4.78, 5) is 11.8. The van der Waals surface area contributed by atoms with E-state index in [1.807, 2.05) is 19.1 Å². The van der Waals surface area contributed by atoms with Crippen molar-refractivity contribution in [2.45, 2.75) is 6.92 Å². The third-order valence-corrected chi connectivity index (χ3v) is 4.03. The van der Waals surface area contributed by atoms with Crippen molar-refractivity contribution >= 4 is 52.6 Å². The van der Waals surface area contributed by atoms with Crippen molar-refractivity contribution in [1.29, 1.82) is 0 Å². The van der Waals surface area contributed by atoms with E-state index in [1.54, 1.807) is 24.3 Å². The molecule has 0 aliphatic carbocycles. The molecule has 2 aromatic carbocycles. The molecule has 0 spiro atoms. The molecule has 0 bridgehead atoms. The van der Waals surface area contributed by atoms with Crippen LogP contribution in [-0.2, 0) is 4.79 Å². The maximum Gasteiger partial charge on any atom is 0.259 e. The smallest absolute Gasteiger partial charge is 0.259 e. The molecule has 0 aromatic heterocycles. The Balaban J connectivity index is 1.87. The minimum atomic E-state index is -0.286. The molecule has 120 valence electrons. The number of hydrogen-bond acceptors (Lipinski definition) is 3. The van der Waals surface area contributed by atoms with E-state index in [1.165, 1.54) is 6.21 Å². The summed E-state index contributed by atoms with van der Waals surface area (Å²) in [5.41, 5.74) is 4.77. The van der Waals surface area contributed by atoms with Gasteiger partial charge in [0.05, 0.1) is 17.8 Å². The fourth-order valence-corrected chi connectivity index (χ4v) is 2.43. The first-order valence-electron chi connectivity index (χ1n) is 6.73. The van der Waals surface area contributed by atoms with Crippen molar-refractivity contribution in [2.24, 2.45) is 5.10 Å². The van der Waals surface area contributed by atoms with Gasteiger partial charge in [0, 0.05) is 21.3 Å². The van der Waals surface area contributed by atoms with Gasteiger partial charge in [-0.3, -0.25) is 4.79 Å². The maximum atomic E-state index is 11.8. The van der Waals surface area contributed by atoms with Crippen LogP contribution in [0.15, 0.2) is 41.5 Å². The fourth-order valence-electron chi connectivity index (χ4n) is 1.79. The van der Waals surface area contributed by atoms with Crippen molar-refractivity contribution in [3.05, 3.63) is 62.6 Å². The van der Waals surface area contributed by atoms with E-state index < -0.39 is 0 Å². The molecule has 4 nitrogen and oxygen atoms in total. The average Bonchev–Trinajstić information content (AvgIpc) is 2.51. The standard InChI is InChI=1S/C16H14Cl3N3O/c1-10-13(18)3-2-4-15(10)20-9-16(23)22-21-8-11-5-6-12(17)7-14(11)19/h2-8,20H,9H2,1H3,(H,22,23)/b21-8+. The lowest BCUT2D eigenvalue weighted by Gasteiger charge is -2.09. The number of hydrazone groups is 1. The van der Waals surface area contributed by atoms with Gasteiger partial charge in [0.15, 0.2) is 0 Å². The summed E-state index contributed by atoms with van der Waals surface area (Å²) in [5, 5.41) is 8.52. The Morgan fingerprint density at radius 1 is 1.17 bits per heavy atom. The number of carbonyl (C=O) groups is 1. The van der Waals surface area contributed by atoms with E-state index in [2.05, 4.69) is 15.8 Å². The van der Waals surface area contributed by atoms with Gasteiger partial charge in [-0.05, 0) is 36.8 Å². The van der Waals surface area contributed by atoms with Gasteiger partial charge < -0.3 is 5.32 Å². The highest BCUT2D eigenvalue weighted by atomic mass is 35.5. The topological polar surface area (TPSA) is 53.5 Å². The van der Waals surface area contributed by atoms with Crippen LogP contribution in [0.3, 0.4) is 0 Å². The normalized spacial score (nSPS) is 10.8. The zero-order valence-electron chi connectivity index (χ0n) is 12.2. The van der Waals surface area contributed by atoms with E-state index >= 15 is 0 Å². The number of benzene rings is 2. The van der Waals surface area contributed by atoms with E-state index in [0.29, 0.717) is 20.6 Å². The lowest BCUT2D eigenvalue weighted by molar-refractivity contribution is -0.119. The molecule has 7 heteroatoms. The molecule has 0 atom stereocenters. The first-order chi connectivity index (χ1) is 11.0. The van der Waals surface area contributed by atoms with Crippen molar-refractivity contribution in [3.8, 4) is 0 Å². The molecule has 0 aliphatic heterocycles. The average molecular weight is 371 g/mol. The summed E-state index contributed by atoms with van der Waals surface area (Å²) in [5.74, 6) is -0.286. The van der Waals surface area contributed by atoms with Crippen LogP contribution in [0.5, 0.6) is 0 Å². The molecule has 0 saturated heterocycles. The second kappa shape index (κ2) is 8.20. The number of nitrogens with one attached hydrogen (secondary N) is 2. The number of hydrogen-bond donors (Lipinski definition) is 2. The summed E-state index contributed by atoms with van der Waals surface area (Å²) < 4.78 is 0. The van der Waals surface area contributed by atoms with Gasteiger partial charge in [0.25, 0.3) is 5.91 Å². The number of nitrogens with zero attached hydrogens (tertiary/aromatic N) is 1. The fraction of sp³-hybridized carbons (Fsp3) is 0.125. The molecule has 2 aromatic rings. The largest absolute Gasteiger partial charge is 0.376 e. The van der Waals surface area contributed by atoms with Crippen LogP contribution in [0.25, 0.3) is 0 Å². The second-order valence-electron chi connectivity index (χ2n) is 4.72. The zero-order valence-corrected chi connectivity index (χ0v) is 14.5. The lowest BCUT2D eigenvalue weighted by Crippen LogP contribution is -2.26. The quantitative estimate of drug-likeness (QED) is 0.600. The van der Waals surface area contributed by atoms with Gasteiger partial charge in [-0.1, -0.05) is 46.9 Å². The molecule has 0 saturated carbocycles. The number of anilines is 1. The lowest BCUT2D eigenvalue weighted by atomic mass is 10.2. The van der Waals surface area contributed by atoms with Crippen molar-refractivity contribution in [2.75, 3.05) is 11.9 Å². The molecule has 2 rings (SSSR count). The van der Waals surface area contributed by atoms with Gasteiger partial charge in [0.2, 0.25) is 0 Å². The van der Waals surface area contributed by atoms with Crippen LogP contribution < -0.4 is 10.7 Å². The Kier molecular flexibility index (Phi) is 6.28.